The molecule has 9 nitrogen and oxygen atoms in total. The number of sulfonamides is 1. The Hall–Kier alpha value is -2.44. The van der Waals surface area contributed by atoms with Crippen molar-refractivity contribution < 1.29 is 21.9 Å². The number of morpholine rings is 1. The minimum atomic E-state index is -4.22. The quantitative estimate of drug-likeness (QED) is 0.731. The van der Waals surface area contributed by atoms with Gasteiger partial charge in [0.15, 0.2) is 5.82 Å². The highest BCUT2D eigenvalue weighted by Crippen LogP contribution is 2.17. The maximum absolute atomic E-state index is 13.8. The first-order valence-corrected chi connectivity index (χ1v) is 9.94. The molecule has 1 aliphatic heterocycles. The van der Waals surface area contributed by atoms with Gasteiger partial charge in [-0.1, -0.05) is 0 Å². The Kier molecular flexibility index (Phi) is 6.01. The van der Waals surface area contributed by atoms with Crippen LogP contribution in [0.2, 0.25) is 0 Å². The molecule has 1 aromatic carbocycles. The molecule has 12 heteroatoms. The van der Waals surface area contributed by atoms with Crippen molar-refractivity contribution in [1.82, 2.24) is 19.7 Å². The maximum Gasteiger partial charge on any atom is 0.243 e. The summed E-state index contributed by atoms with van der Waals surface area (Å²) in [6, 6.07) is 2.25. The highest BCUT2D eigenvalue weighted by molar-refractivity contribution is 7.89. The predicted molar refractivity (Wildman–Crippen MR) is 97.6 cm³/mol. The van der Waals surface area contributed by atoms with Gasteiger partial charge in [-0.2, -0.15) is 15.0 Å². The van der Waals surface area contributed by atoms with Crippen molar-refractivity contribution in [2.24, 2.45) is 0 Å². The fourth-order valence-corrected chi connectivity index (χ4v) is 3.55. The Bertz CT molecular complexity index is 951. The van der Waals surface area contributed by atoms with Crippen LogP contribution >= 0.6 is 0 Å². The summed E-state index contributed by atoms with van der Waals surface area (Å²) in [5.41, 5.74) is 0. The number of halogens is 2. The summed E-state index contributed by atoms with van der Waals surface area (Å²) in [7, 11) is -0.715. The number of nitrogens with one attached hydrogen (secondary N) is 1. The van der Waals surface area contributed by atoms with Crippen LogP contribution in [0.1, 0.15) is 5.82 Å². The number of aromatic nitrogens is 3. The van der Waals surface area contributed by atoms with Crippen molar-refractivity contribution >= 4 is 21.9 Å². The molecule has 0 bridgehead atoms. The average Bonchev–Trinajstić information content (AvgIpc) is 2.66. The highest BCUT2D eigenvalue weighted by atomic mass is 32.2. The zero-order valence-electron chi connectivity index (χ0n) is 15.4. The summed E-state index contributed by atoms with van der Waals surface area (Å²) in [5, 5.41) is 0. The second-order valence-electron chi connectivity index (χ2n) is 6.24. The number of hydrogen-bond donors (Lipinski definition) is 1. The third-order valence-electron chi connectivity index (χ3n) is 3.96. The predicted octanol–water partition coefficient (Wildman–Crippen LogP) is 0.531. The van der Waals surface area contributed by atoms with Gasteiger partial charge in [-0.15, -0.1) is 0 Å². The summed E-state index contributed by atoms with van der Waals surface area (Å²) in [4.78, 5) is 15.9. The van der Waals surface area contributed by atoms with Gasteiger partial charge in [-0.05, 0) is 12.1 Å². The van der Waals surface area contributed by atoms with Crippen molar-refractivity contribution in [3.8, 4) is 0 Å². The Labute approximate surface area is 161 Å². The van der Waals surface area contributed by atoms with Crippen LogP contribution < -0.4 is 14.5 Å². The summed E-state index contributed by atoms with van der Waals surface area (Å²) in [6.45, 7) is 2.00. The van der Waals surface area contributed by atoms with Gasteiger partial charge in [-0.3, -0.25) is 0 Å². The van der Waals surface area contributed by atoms with E-state index in [0.717, 1.165) is 12.1 Å². The molecule has 152 valence electrons. The van der Waals surface area contributed by atoms with Crippen molar-refractivity contribution in [1.29, 1.82) is 0 Å². The molecule has 1 N–H and O–H groups in total. The number of hydrogen-bond acceptors (Lipinski definition) is 8. The zero-order chi connectivity index (χ0) is 20.3. The van der Waals surface area contributed by atoms with E-state index in [1.165, 1.54) is 0 Å². The van der Waals surface area contributed by atoms with Gasteiger partial charge in [-0.25, -0.2) is 21.9 Å². The molecule has 1 aliphatic rings. The van der Waals surface area contributed by atoms with Crippen molar-refractivity contribution in [2.75, 3.05) is 50.2 Å². The lowest BCUT2D eigenvalue weighted by Crippen LogP contribution is -2.38. The first-order chi connectivity index (χ1) is 13.3. The van der Waals surface area contributed by atoms with Gasteiger partial charge in [0.25, 0.3) is 0 Å². The molecule has 0 unspecified atom stereocenters. The first kappa shape index (κ1) is 20.3. The minimum absolute atomic E-state index is 0.172. The molecule has 3 rings (SSSR count). The maximum atomic E-state index is 13.8. The number of anilines is 2. The van der Waals surface area contributed by atoms with Crippen LogP contribution in [0.15, 0.2) is 23.1 Å². The lowest BCUT2D eigenvalue weighted by atomic mass is 10.3. The Morgan fingerprint density at radius 3 is 2.54 bits per heavy atom. The van der Waals surface area contributed by atoms with E-state index in [1.807, 2.05) is 4.90 Å². The normalized spacial score (nSPS) is 14.9. The summed E-state index contributed by atoms with van der Waals surface area (Å²) in [5.74, 6) is -1.10. The summed E-state index contributed by atoms with van der Waals surface area (Å²) >= 11 is 0. The van der Waals surface area contributed by atoms with Crippen LogP contribution in [0.5, 0.6) is 0 Å². The topological polar surface area (TPSA) is 101 Å². The molecular weight excluding hydrogens is 394 g/mol. The van der Waals surface area contributed by atoms with Gasteiger partial charge in [0, 0.05) is 33.3 Å². The van der Waals surface area contributed by atoms with Gasteiger partial charge < -0.3 is 14.5 Å². The van der Waals surface area contributed by atoms with Crippen LogP contribution in [0.25, 0.3) is 0 Å². The molecule has 1 fully saturated rings. The monoisotopic (exact) mass is 414 g/mol. The number of rotatable bonds is 6. The Morgan fingerprint density at radius 2 is 1.89 bits per heavy atom. The van der Waals surface area contributed by atoms with Crippen LogP contribution in [-0.2, 0) is 21.3 Å². The van der Waals surface area contributed by atoms with Crippen molar-refractivity contribution in [3.63, 3.8) is 0 Å². The van der Waals surface area contributed by atoms with E-state index in [1.54, 1.807) is 19.0 Å². The number of ether oxygens (including phenoxy) is 1. The average molecular weight is 414 g/mol. The molecule has 0 atom stereocenters. The van der Waals surface area contributed by atoms with E-state index in [9.17, 15) is 17.2 Å². The van der Waals surface area contributed by atoms with Crippen LogP contribution in [-0.4, -0.2) is 63.8 Å². The van der Waals surface area contributed by atoms with E-state index in [-0.39, 0.29) is 12.4 Å². The Balaban J connectivity index is 1.83. The third kappa shape index (κ3) is 4.69. The van der Waals surface area contributed by atoms with E-state index in [4.69, 9.17) is 4.74 Å². The van der Waals surface area contributed by atoms with E-state index in [2.05, 4.69) is 19.7 Å². The largest absolute Gasteiger partial charge is 0.378 e. The zero-order valence-corrected chi connectivity index (χ0v) is 16.2. The molecule has 28 heavy (non-hydrogen) atoms. The fourth-order valence-electron chi connectivity index (χ4n) is 2.51. The van der Waals surface area contributed by atoms with Gasteiger partial charge in [0.2, 0.25) is 21.9 Å². The molecule has 2 aromatic rings. The minimum Gasteiger partial charge on any atom is -0.378 e. The molecule has 1 aromatic heterocycles. The highest BCUT2D eigenvalue weighted by Gasteiger charge is 2.21. The van der Waals surface area contributed by atoms with Crippen LogP contribution in [0.4, 0.5) is 20.7 Å². The van der Waals surface area contributed by atoms with Crippen molar-refractivity contribution in [2.45, 2.75) is 11.4 Å². The lowest BCUT2D eigenvalue weighted by molar-refractivity contribution is 0.122. The van der Waals surface area contributed by atoms with E-state index in [0.29, 0.717) is 44.3 Å². The first-order valence-electron chi connectivity index (χ1n) is 8.46. The number of benzene rings is 1. The molecular formula is C16H20F2N6O3S. The standard InChI is InChI=1S/C16H20F2N6O3S/c1-23(2)15-20-14(21-16(22-15)24-5-7-27-8-6-24)10-19-28(25,26)13-4-3-11(17)9-12(13)18/h3-4,9,19H,5-8,10H2,1-2H3. The Morgan fingerprint density at radius 1 is 1.18 bits per heavy atom. The van der Waals surface area contributed by atoms with Crippen LogP contribution in [0.3, 0.4) is 0 Å². The SMILES string of the molecule is CN(C)c1nc(CNS(=O)(=O)c2ccc(F)cc2F)nc(N2CCOCC2)n1. The van der Waals surface area contributed by atoms with Gasteiger partial charge in [0.05, 0.1) is 19.8 Å². The van der Waals surface area contributed by atoms with E-state index < -0.39 is 26.6 Å². The van der Waals surface area contributed by atoms with Crippen molar-refractivity contribution in [3.05, 3.63) is 35.7 Å². The smallest absolute Gasteiger partial charge is 0.243 e. The molecule has 0 saturated carbocycles. The molecule has 0 spiro atoms. The van der Waals surface area contributed by atoms with Gasteiger partial charge in [0.1, 0.15) is 16.5 Å². The number of nitrogens with zero attached hydrogens (tertiary/aromatic N) is 5. The second-order valence-corrected chi connectivity index (χ2v) is 7.98. The summed E-state index contributed by atoms with van der Waals surface area (Å²) < 4.78 is 59.1. The van der Waals surface area contributed by atoms with Gasteiger partial charge >= 0.3 is 0 Å². The molecule has 0 aliphatic carbocycles. The van der Waals surface area contributed by atoms with Crippen LogP contribution in [0, 0.1) is 11.6 Å². The molecule has 0 amide bonds. The molecule has 0 radical (unpaired) electrons. The lowest BCUT2D eigenvalue weighted by Gasteiger charge is -2.27. The van der Waals surface area contributed by atoms with E-state index >= 15 is 0 Å². The fraction of sp³-hybridized carbons (Fsp3) is 0.438. The molecule has 2 heterocycles. The second kappa shape index (κ2) is 8.29. The summed E-state index contributed by atoms with van der Waals surface area (Å²) in [6.07, 6.45) is 0. The third-order valence-corrected chi connectivity index (χ3v) is 5.39. The molecule has 1 saturated heterocycles.